The Morgan fingerprint density at radius 2 is 2.08 bits per heavy atom. The van der Waals surface area contributed by atoms with Gasteiger partial charge >= 0.3 is 0 Å². The van der Waals surface area contributed by atoms with Crippen molar-refractivity contribution < 1.29 is 9.18 Å². The quantitative estimate of drug-likeness (QED) is 0.896. The molecule has 0 radical (unpaired) electrons. The Labute approximate surface area is 139 Å². The molecule has 1 amide bonds. The molecule has 3 heterocycles. The van der Waals surface area contributed by atoms with Gasteiger partial charge in [-0.2, -0.15) is 0 Å². The number of amides is 1. The van der Waals surface area contributed by atoms with Gasteiger partial charge in [0.05, 0.1) is 11.4 Å². The van der Waals surface area contributed by atoms with Gasteiger partial charge in [-0.15, -0.1) is 5.10 Å². The number of rotatable bonds is 4. The first kappa shape index (κ1) is 15.3. The highest BCUT2D eigenvalue weighted by Gasteiger charge is 2.44. The molecule has 1 aromatic carbocycles. The summed E-state index contributed by atoms with van der Waals surface area (Å²) in [5.41, 5.74) is 1.68. The van der Waals surface area contributed by atoms with Crippen molar-refractivity contribution in [3.63, 3.8) is 0 Å². The zero-order chi connectivity index (χ0) is 16.7. The molecule has 1 aromatic heterocycles. The van der Waals surface area contributed by atoms with E-state index in [4.69, 9.17) is 0 Å². The molecule has 0 atom stereocenters. The van der Waals surface area contributed by atoms with Gasteiger partial charge in [-0.1, -0.05) is 5.21 Å². The summed E-state index contributed by atoms with van der Waals surface area (Å²) >= 11 is 0. The molecule has 0 unspecified atom stereocenters. The number of hydrogen-bond acceptors (Lipinski definition) is 4. The van der Waals surface area contributed by atoms with Crippen LogP contribution < -0.4 is 10.6 Å². The van der Waals surface area contributed by atoms with Crippen LogP contribution in [-0.4, -0.2) is 39.0 Å². The number of carbonyl (C=O) groups excluding carboxylic acids is 1. The summed E-state index contributed by atoms with van der Waals surface area (Å²) in [6.07, 6.45) is 4.60. The molecule has 7 heteroatoms. The Balaban J connectivity index is 1.48. The van der Waals surface area contributed by atoms with Crippen LogP contribution in [0, 0.1) is 12.7 Å². The fourth-order valence-corrected chi connectivity index (χ4v) is 3.82. The number of hydrogen-bond donors (Lipinski definition) is 2. The lowest BCUT2D eigenvalue weighted by molar-refractivity contribution is 0.0935. The average Bonchev–Trinajstić information content (AvgIpc) is 3.28. The smallest absolute Gasteiger partial charge is 0.273 e. The highest BCUT2D eigenvalue weighted by Crippen LogP contribution is 2.36. The van der Waals surface area contributed by atoms with E-state index in [1.807, 2.05) is 0 Å². The molecule has 2 aromatic rings. The standard InChI is InChI=1S/C17H20FN5O/c1-11-15(21-22-23(11)14-4-2-12(18)3-5-14)16(24)19-10-17-8-6-13(20-17)7-9-17/h2-5,13,20H,6-10H2,1H3,(H,19,24). The number of fused-ring (bicyclic) bond motifs is 2. The summed E-state index contributed by atoms with van der Waals surface area (Å²) in [4.78, 5) is 12.5. The Morgan fingerprint density at radius 3 is 2.71 bits per heavy atom. The molecular formula is C17H20FN5O. The largest absolute Gasteiger partial charge is 0.349 e. The lowest BCUT2D eigenvalue weighted by Gasteiger charge is -2.26. The summed E-state index contributed by atoms with van der Waals surface area (Å²) in [5, 5.41) is 14.6. The molecule has 2 fully saturated rings. The van der Waals surface area contributed by atoms with Crippen molar-refractivity contribution in [3.8, 4) is 5.69 Å². The molecule has 4 rings (SSSR count). The van der Waals surface area contributed by atoms with Gasteiger partial charge in [-0.3, -0.25) is 4.79 Å². The van der Waals surface area contributed by atoms with Crippen LogP contribution in [0.5, 0.6) is 0 Å². The summed E-state index contributed by atoms with van der Waals surface area (Å²) in [6.45, 7) is 2.40. The molecule has 2 aliphatic heterocycles. The fourth-order valence-electron chi connectivity index (χ4n) is 3.82. The van der Waals surface area contributed by atoms with E-state index in [9.17, 15) is 9.18 Å². The van der Waals surface area contributed by atoms with Crippen molar-refractivity contribution in [2.24, 2.45) is 0 Å². The van der Waals surface area contributed by atoms with Gasteiger partial charge in [-0.25, -0.2) is 9.07 Å². The van der Waals surface area contributed by atoms with Crippen molar-refractivity contribution in [2.75, 3.05) is 6.54 Å². The van der Waals surface area contributed by atoms with Crippen LogP contribution in [0.2, 0.25) is 0 Å². The third-order valence-electron chi connectivity index (χ3n) is 5.22. The molecule has 6 nitrogen and oxygen atoms in total. The van der Waals surface area contributed by atoms with Gasteiger partial charge in [0.15, 0.2) is 5.69 Å². The lowest BCUT2D eigenvalue weighted by Crippen LogP contribution is -2.47. The zero-order valence-corrected chi connectivity index (χ0v) is 13.6. The van der Waals surface area contributed by atoms with E-state index >= 15 is 0 Å². The van der Waals surface area contributed by atoms with Crippen LogP contribution in [0.15, 0.2) is 24.3 Å². The number of benzene rings is 1. The maximum atomic E-state index is 13.0. The summed E-state index contributed by atoms with van der Waals surface area (Å²) < 4.78 is 14.6. The van der Waals surface area contributed by atoms with E-state index in [-0.39, 0.29) is 17.3 Å². The molecule has 126 valence electrons. The Hall–Kier alpha value is -2.28. The third-order valence-corrected chi connectivity index (χ3v) is 5.22. The molecule has 0 spiro atoms. The Kier molecular flexibility index (Phi) is 3.60. The second-order valence-electron chi connectivity index (χ2n) is 6.79. The monoisotopic (exact) mass is 329 g/mol. The first-order valence-electron chi connectivity index (χ1n) is 8.30. The number of nitrogens with zero attached hydrogens (tertiary/aromatic N) is 3. The topological polar surface area (TPSA) is 71.8 Å². The molecule has 2 saturated heterocycles. The first-order chi connectivity index (χ1) is 11.6. The number of carbonyl (C=O) groups is 1. The number of nitrogens with one attached hydrogen (secondary N) is 2. The third kappa shape index (κ3) is 2.58. The molecule has 2 bridgehead atoms. The lowest BCUT2D eigenvalue weighted by atomic mass is 9.88. The predicted molar refractivity (Wildman–Crippen MR) is 86.5 cm³/mol. The Morgan fingerprint density at radius 1 is 1.38 bits per heavy atom. The SMILES string of the molecule is Cc1c(C(=O)NCC23CCC(CC2)N3)nnn1-c1ccc(F)cc1. The van der Waals surface area contributed by atoms with Crippen molar-refractivity contribution in [1.82, 2.24) is 25.6 Å². The second kappa shape index (κ2) is 5.66. The minimum atomic E-state index is -0.312. The van der Waals surface area contributed by atoms with Crippen molar-refractivity contribution >= 4 is 5.91 Å². The zero-order valence-electron chi connectivity index (χ0n) is 13.6. The summed E-state index contributed by atoms with van der Waals surface area (Å²) in [5.74, 6) is -0.528. The molecule has 0 aliphatic carbocycles. The van der Waals surface area contributed by atoms with Gasteiger partial charge in [-0.05, 0) is 56.9 Å². The van der Waals surface area contributed by atoms with Gasteiger partial charge in [0.2, 0.25) is 0 Å². The molecule has 24 heavy (non-hydrogen) atoms. The van der Waals surface area contributed by atoms with Crippen LogP contribution in [0.3, 0.4) is 0 Å². The normalized spacial score (nSPS) is 25.2. The fraction of sp³-hybridized carbons (Fsp3) is 0.471. The molecule has 2 N–H and O–H groups in total. The van der Waals surface area contributed by atoms with Crippen LogP contribution in [0.4, 0.5) is 4.39 Å². The van der Waals surface area contributed by atoms with E-state index < -0.39 is 0 Å². The first-order valence-corrected chi connectivity index (χ1v) is 8.30. The number of halogens is 1. The van der Waals surface area contributed by atoms with E-state index in [2.05, 4.69) is 20.9 Å². The van der Waals surface area contributed by atoms with E-state index in [1.54, 1.807) is 23.7 Å². The van der Waals surface area contributed by atoms with E-state index in [1.165, 1.54) is 25.0 Å². The van der Waals surface area contributed by atoms with Crippen molar-refractivity contribution in [1.29, 1.82) is 0 Å². The van der Waals surface area contributed by atoms with Gasteiger partial charge in [0, 0.05) is 18.1 Å². The molecule has 2 aliphatic rings. The second-order valence-corrected chi connectivity index (χ2v) is 6.79. The van der Waals surface area contributed by atoms with Gasteiger partial charge in [0.25, 0.3) is 5.91 Å². The van der Waals surface area contributed by atoms with Gasteiger partial charge in [0.1, 0.15) is 5.82 Å². The summed E-state index contributed by atoms with van der Waals surface area (Å²) in [6, 6.07) is 6.55. The van der Waals surface area contributed by atoms with E-state index in [0.29, 0.717) is 29.7 Å². The summed E-state index contributed by atoms with van der Waals surface area (Å²) in [7, 11) is 0. The number of aromatic nitrogens is 3. The Bertz CT molecular complexity index is 762. The average molecular weight is 329 g/mol. The maximum absolute atomic E-state index is 13.0. The minimum Gasteiger partial charge on any atom is -0.349 e. The predicted octanol–water partition coefficient (Wildman–Crippen LogP) is 1.73. The van der Waals surface area contributed by atoms with E-state index in [0.717, 1.165) is 12.8 Å². The highest BCUT2D eigenvalue weighted by atomic mass is 19.1. The van der Waals surface area contributed by atoms with Crippen LogP contribution in [-0.2, 0) is 0 Å². The van der Waals surface area contributed by atoms with Gasteiger partial charge < -0.3 is 10.6 Å². The maximum Gasteiger partial charge on any atom is 0.273 e. The van der Waals surface area contributed by atoms with Crippen LogP contribution in [0.1, 0.15) is 41.9 Å². The van der Waals surface area contributed by atoms with Crippen molar-refractivity contribution in [3.05, 3.63) is 41.5 Å². The van der Waals surface area contributed by atoms with Crippen LogP contribution in [0.25, 0.3) is 5.69 Å². The minimum absolute atomic E-state index is 0.0567. The van der Waals surface area contributed by atoms with Crippen LogP contribution >= 0.6 is 0 Å². The molecule has 0 saturated carbocycles. The van der Waals surface area contributed by atoms with Crippen molar-refractivity contribution in [2.45, 2.75) is 44.2 Å². The highest BCUT2D eigenvalue weighted by molar-refractivity contribution is 5.93. The molecular weight excluding hydrogens is 309 g/mol.